The molecule has 1 aliphatic heterocycles. The highest BCUT2D eigenvalue weighted by atomic mass is 35.5. The van der Waals surface area contributed by atoms with Crippen molar-refractivity contribution >= 4 is 23.3 Å². The summed E-state index contributed by atoms with van der Waals surface area (Å²) in [6.45, 7) is 4.04. The third kappa shape index (κ3) is 3.81. The predicted molar refractivity (Wildman–Crippen MR) is 74.7 cm³/mol. The molecule has 0 saturated carbocycles. The summed E-state index contributed by atoms with van der Waals surface area (Å²) >= 11 is 5.90. The standard InChI is InChI=1S/C13H18ClN3O2/c1-2-19-13(18)10-8-16-12(14)6-11(10)17-9-4-3-5-15-7-9/h6,8-9,15H,2-5,7H2,1H3,(H,16,17). The van der Waals surface area contributed by atoms with Crippen LogP contribution in [0.4, 0.5) is 5.69 Å². The SMILES string of the molecule is CCOC(=O)c1cnc(Cl)cc1NC1CCCNC1. The van der Waals surface area contributed by atoms with Gasteiger partial charge >= 0.3 is 5.97 Å². The fourth-order valence-electron chi connectivity index (χ4n) is 2.12. The van der Waals surface area contributed by atoms with Gasteiger partial charge in [-0.1, -0.05) is 11.6 Å². The number of ether oxygens (including phenoxy) is 1. The van der Waals surface area contributed by atoms with Crippen LogP contribution in [0, 0.1) is 0 Å². The Labute approximate surface area is 117 Å². The molecular weight excluding hydrogens is 266 g/mol. The van der Waals surface area contributed by atoms with E-state index in [1.165, 1.54) is 6.20 Å². The van der Waals surface area contributed by atoms with Gasteiger partial charge in [0.2, 0.25) is 0 Å². The molecule has 1 aromatic rings. The number of carbonyl (C=O) groups is 1. The van der Waals surface area contributed by atoms with Gasteiger partial charge in [0.1, 0.15) is 10.7 Å². The van der Waals surface area contributed by atoms with E-state index in [-0.39, 0.29) is 5.97 Å². The molecule has 6 heteroatoms. The molecule has 1 aliphatic rings. The Hall–Kier alpha value is -1.33. The number of carbonyl (C=O) groups excluding carboxylic acids is 1. The summed E-state index contributed by atoms with van der Waals surface area (Å²) in [7, 11) is 0. The van der Waals surface area contributed by atoms with Crippen LogP contribution in [0.2, 0.25) is 5.15 Å². The molecule has 1 fully saturated rings. The molecule has 5 nitrogen and oxygen atoms in total. The third-order valence-corrected chi connectivity index (χ3v) is 3.23. The lowest BCUT2D eigenvalue weighted by molar-refractivity contribution is 0.0527. The topological polar surface area (TPSA) is 63.2 Å². The smallest absolute Gasteiger partial charge is 0.341 e. The second kappa shape index (κ2) is 6.73. The minimum Gasteiger partial charge on any atom is -0.462 e. The van der Waals surface area contributed by atoms with Crippen LogP contribution < -0.4 is 10.6 Å². The van der Waals surface area contributed by atoms with Crippen LogP contribution in [-0.2, 0) is 4.74 Å². The first-order valence-corrected chi connectivity index (χ1v) is 6.88. The summed E-state index contributed by atoms with van der Waals surface area (Å²) < 4.78 is 5.02. The highest BCUT2D eigenvalue weighted by Crippen LogP contribution is 2.21. The van der Waals surface area contributed by atoms with Gasteiger partial charge in [-0.15, -0.1) is 0 Å². The van der Waals surface area contributed by atoms with E-state index in [0.29, 0.717) is 29.1 Å². The van der Waals surface area contributed by atoms with Crippen molar-refractivity contribution in [3.05, 3.63) is 23.0 Å². The number of hydrogen-bond donors (Lipinski definition) is 2. The molecular formula is C13H18ClN3O2. The number of anilines is 1. The van der Waals surface area contributed by atoms with Gasteiger partial charge < -0.3 is 15.4 Å². The first-order valence-electron chi connectivity index (χ1n) is 6.50. The van der Waals surface area contributed by atoms with E-state index in [9.17, 15) is 4.79 Å². The third-order valence-electron chi connectivity index (χ3n) is 3.02. The van der Waals surface area contributed by atoms with Crippen molar-refractivity contribution in [2.45, 2.75) is 25.8 Å². The zero-order valence-corrected chi connectivity index (χ0v) is 11.7. The highest BCUT2D eigenvalue weighted by Gasteiger charge is 2.18. The van der Waals surface area contributed by atoms with Crippen LogP contribution in [0.1, 0.15) is 30.1 Å². The monoisotopic (exact) mass is 283 g/mol. The Morgan fingerprint density at radius 1 is 1.68 bits per heavy atom. The Bertz CT molecular complexity index is 448. The Morgan fingerprint density at radius 2 is 2.53 bits per heavy atom. The second-order valence-electron chi connectivity index (χ2n) is 4.46. The summed E-state index contributed by atoms with van der Waals surface area (Å²) in [5.74, 6) is -0.377. The van der Waals surface area contributed by atoms with E-state index in [1.807, 2.05) is 0 Å². The van der Waals surface area contributed by atoms with E-state index in [2.05, 4.69) is 15.6 Å². The number of nitrogens with zero attached hydrogens (tertiary/aromatic N) is 1. The number of nitrogens with one attached hydrogen (secondary N) is 2. The minimum atomic E-state index is -0.377. The average molecular weight is 284 g/mol. The molecule has 1 aromatic heterocycles. The lowest BCUT2D eigenvalue weighted by Crippen LogP contribution is -2.38. The number of pyridine rings is 1. The molecule has 0 radical (unpaired) electrons. The number of halogens is 1. The van der Waals surface area contributed by atoms with Crippen molar-refractivity contribution in [1.82, 2.24) is 10.3 Å². The summed E-state index contributed by atoms with van der Waals surface area (Å²) in [4.78, 5) is 15.8. The van der Waals surface area contributed by atoms with Crippen molar-refractivity contribution < 1.29 is 9.53 Å². The van der Waals surface area contributed by atoms with Crippen molar-refractivity contribution in [3.63, 3.8) is 0 Å². The number of aromatic nitrogens is 1. The fourth-order valence-corrected chi connectivity index (χ4v) is 2.27. The average Bonchev–Trinajstić information content (AvgIpc) is 2.40. The molecule has 0 aliphatic carbocycles. The summed E-state index contributed by atoms with van der Waals surface area (Å²) in [5.41, 5.74) is 1.11. The maximum atomic E-state index is 11.9. The molecule has 2 heterocycles. The molecule has 1 unspecified atom stereocenters. The maximum absolute atomic E-state index is 11.9. The molecule has 0 aromatic carbocycles. The second-order valence-corrected chi connectivity index (χ2v) is 4.85. The number of piperidine rings is 1. The van der Waals surface area contributed by atoms with Crippen molar-refractivity contribution in [2.24, 2.45) is 0 Å². The Kier molecular flexibility index (Phi) is 4.99. The molecule has 0 spiro atoms. The molecule has 2 N–H and O–H groups in total. The van der Waals surface area contributed by atoms with Crippen molar-refractivity contribution in [1.29, 1.82) is 0 Å². The lowest BCUT2D eigenvalue weighted by atomic mass is 10.1. The van der Waals surface area contributed by atoms with Crippen LogP contribution in [0.5, 0.6) is 0 Å². The summed E-state index contributed by atoms with van der Waals surface area (Å²) in [6, 6.07) is 1.96. The molecule has 2 rings (SSSR count). The highest BCUT2D eigenvalue weighted by molar-refractivity contribution is 6.29. The van der Waals surface area contributed by atoms with E-state index >= 15 is 0 Å². The van der Waals surface area contributed by atoms with Crippen LogP contribution in [-0.4, -0.2) is 36.7 Å². The van der Waals surface area contributed by atoms with Crippen LogP contribution in [0.25, 0.3) is 0 Å². The quantitative estimate of drug-likeness (QED) is 0.654. The van der Waals surface area contributed by atoms with Gasteiger partial charge in [-0.3, -0.25) is 0 Å². The minimum absolute atomic E-state index is 0.292. The molecule has 1 atom stereocenters. The van der Waals surface area contributed by atoms with Crippen molar-refractivity contribution in [3.8, 4) is 0 Å². The van der Waals surface area contributed by atoms with Gasteiger partial charge in [-0.25, -0.2) is 9.78 Å². The Morgan fingerprint density at radius 3 is 3.21 bits per heavy atom. The van der Waals surface area contributed by atoms with Gasteiger partial charge in [-0.2, -0.15) is 0 Å². The van der Waals surface area contributed by atoms with Crippen LogP contribution >= 0.6 is 11.6 Å². The molecule has 19 heavy (non-hydrogen) atoms. The number of esters is 1. The maximum Gasteiger partial charge on any atom is 0.341 e. The zero-order valence-electron chi connectivity index (χ0n) is 10.9. The molecule has 1 saturated heterocycles. The zero-order chi connectivity index (χ0) is 13.7. The van der Waals surface area contributed by atoms with Gasteiger partial charge in [0.15, 0.2) is 0 Å². The normalized spacial score (nSPS) is 18.9. The lowest BCUT2D eigenvalue weighted by Gasteiger charge is -2.25. The van der Waals surface area contributed by atoms with Gasteiger partial charge in [0.25, 0.3) is 0 Å². The van der Waals surface area contributed by atoms with Crippen molar-refractivity contribution in [2.75, 3.05) is 25.0 Å². The first-order chi connectivity index (χ1) is 9.20. The number of hydrogen-bond acceptors (Lipinski definition) is 5. The van der Waals surface area contributed by atoms with Gasteiger partial charge in [-0.05, 0) is 32.4 Å². The number of rotatable bonds is 4. The Balaban J connectivity index is 2.16. The van der Waals surface area contributed by atoms with Crippen LogP contribution in [0.15, 0.2) is 12.3 Å². The molecule has 0 bridgehead atoms. The summed E-state index contributed by atoms with van der Waals surface area (Å²) in [6.07, 6.45) is 3.64. The van der Waals surface area contributed by atoms with E-state index in [4.69, 9.17) is 16.3 Å². The summed E-state index contributed by atoms with van der Waals surface area (Å²) in [5, 5.41) is 7.02. The predicted octanol–water partition coefficient (Wildman–Crippen LogP) is 2.08. The van der Waals surface area contributed by atoms with Crippen LogP contribution in [0.3, 0.4) is 0 Å². The van der Waals surface area contributed by atoms with Gasteiger partial charge in [0, 0.05) is 18.8 Å². The molecule has 104 valence electrons. The van der Waals surface area contributed by atoms with E-state index < -0.39 is 0 Å². The van der Waals surface area contributed by atoms with E-state index in [1.54, 1.807) is 13.0 Å². The first kappa shape index (κ1) is 14.1. The fraction of sp³-hybridized carbons (Fsp3) is 0.538. The largest absolute Gasteiger partial charge is 0.462 e. The van der Waals surface area contributed by atoms with E-state index in [0.717, 1.165) is 25.9 Å². The van der Waals surface area contributed by atoms with Gasteiger partial charge in [0.05, 0.1) is 12.3 Å². The molecule has 0 amide bonds.